The molecule has 0 saturated carbocycles. The first-order valence-corrected chi connectivity index (χ1v) is 7.51. The number of rotatable bonds is 7. The second-order valence-corrected chi connectivity index (χ2v) is 5.16. The molecule has 19 heavy (non-hydrogen) atoms. The summed E-state index contributed by atoms with van der Waals surface area (Å²) in [6, 6.07) is 6.08. The molecule has 0 aliphatic heterocycles. The maximum absolute atomic E-state index is 6.01. The number of imidazole rings is 1. The van der Waals surface area contributed by atoms with Crippen LogP contribution < -0.4 is 5.73 Å². The van der Waals surface area contributed by atoms with Gasteiger partial charge in [0.1, 0.15) is 11.3 Å². The average molecular weight is 259 g/mol. The Balaban J connectivity index is 2.14. The highest BCUT2D eigenvalue weighted by molar-refractivity contribution is 5.87. The van der Waals surface area contributed by atoms with E-state index in [4.69, 9.17) is 5.73 Å². The molecule has 0 unspecified atom stereocenters. The van der Waals surface area contributed by atoms with Crippen molar-refractivity contribution in [1.29, 1.82) is 0 Å². The van der Waals surface area contributed by atoms with Crippen molar-refractivity contribution >= 4 is 16.7 Å². The molecule has 2 N–H and O–H groups in total. The van der Waals surface area contributed by atoms with Gasteiger partial charge in [-0.25, -0.2) is 4.98 Å². The second-order valence-electron chi connectivity index (χ2n) is 5.16. The van der Waals surface area contributed by atoms with Gasteiger partial charge >= 0.3 is 0 Å². The highest BCUT2D eigenvalue weighted by Crippen LogP contribution is 2.22. The molecule has 3 nitrogen and oxygen atoms in total. The van der Waals surface area contributed by atoms with Crippen LogP contribution in [0.25, 0.3) is 11.0 Å². The summed E-state index contributed by atoms with van der Waals surface area (Å²) in [7, 11) is 0. The van der Waals surface area contributed by atoms with Gasteiger partial charge in [-0.1, -0.05) is 45.6 Å². The third-order valence-electron chi connectivity index (χ3n) is 3.69. The number of fused-ring (bicyclic) bond motifs is 1. The molecule has 3 heteroatoms. The third kappa shape index (κ3) is 3.09. The molecule has 2 rings (SSSR count). The van der Waals surface area contributed by atoms with E-state index in [1.54, 1.807) is 0 Å². The Morgan fingerprint density at radius 2 is 1.89 bits per heavy atom. The molecule has 1 heterocycles. The maximum Gasteiger partial charge on any atom is 0.112 e. The van der Waals surface area contributed by atoms with E-state index in [1.807, 2.05) is 12.1 Å². The molecular weight excluding hydrogens is 234 g/mol. The zero-order valence-electron chi connectivity index (χ0n) is 12.2. The number of hydrogen-bond acceptors (Lipinski definition) is 2. The highest BCUT2D eigenvalue weighted by Gasteiger charge is 2.10. The van der Waals surface area contributed by atoms with Crippen LogP contribution in [0.15, 0.2) is 18.2 Å². The quantitative estimate of drug-likeness (QED) is 0.599. The third-order valence-corrected chi connectivity index (χ3v) is 3.69. The predicted molar refractivity (Wildman–Crippen MR) is 82.3 cm³/mol. The molecule has 104 valence electrons. The van der Waals surface area contributed by atoms with Gasteiger partial charge in [0.15, 0.2) is 0 Å². The summed E-state index contributed by atoms with van der Waals surface area (Å²) in [5.41, 5.74) is 8.95. The number of unbranched alkanes of at least 4 members (excludes halogenated alkanes) is 4. The first-order valence-electron chi connectivity index (χ1n) is 7.51. The van der Waals surface area contributed by atoms with Gasteiger partial charge in [-0.3, -0.25) is 0 Å². The number of hydrogen-bond donors (Lipinski definition) is 1. The molecule has 1 aromatic heterocycles. The Kier molecular flexibility index (Phi) is 4.83. The summed E-state index contributed by atoms with van der Waals surface area (Å²) in [5.74, 6) is 1.16. The fraction of sp³-hybridized carbons (Fsp3) is 0.562. The van der Waals surface area contributed by atoms with Crippen molar-refractivity contribution in [3.63, 3.8) is 0 Å². The van der Waals surface area contributed by atoms with Gasteiger partial charge in [-0.05, 0) is 18.6 Å². The first kappa shape index (κ1) is 13.9. The summed E-state index contributed by atoms with van der Waals surface area (Å²) in [6.07, 6.45) is 7.48. The number of nitrogen functional groups attached to an aromatic ring is 1. The Morgan fingerprint density at radius 1 is 1.11 bits per heavy atom. The molecule has 0 aliphatic carbocycles. The standard InChI is InChI=1S/C16H25N3/c1-3-5-6-7-8-12-19-14-11-9-10-13(17)16(14)18-15(19)4-2/h9-11H,3-8,12,17H2,1-2H3. The van der Waals surface area contributed by atoms with E-state index in [0.29, 0.717) is 0 Å². The lowest BCUT2D eigenvalue weighted by molar-refractivity contribution is 0.563. The Labute approximate surface area is 115 Å². The zero-order valence-corrected chi connectivity index (χ0v) is 12.2. The molecule has 0 radical (unpaired) electrons. The minimum Gasteiger partial charge on any atom is -0.397 e. The zero-order chi connectivity index (χ0) is 13.7. The van der Waals surface area contributed by atoms with Crippen LogP contribution in [0.2, 0.25) is 0 Å². The molecule has 1 aromatic carbocycles. The van der Waals surface area contributed by atoms with E-state index in [9.17, 15) is 0 Å². The molecule has 0 spiro atoms. The number of benzene rings is 1. The van der Waals surface area contributed by atoms with Crippen molar-refractivity contribution in [2.45, 2.75) is 58.9 Å². The van der Waals surface area contributed by atoms with Crippen LogP contribution in [0.4, 0.5) is 5.69 Å². The smallest absolute Gasteiger partial charge is 0.112 e. The molecule has 0 amide bonds. The molecule has 0 bridgehead atoms. The van der Waals surface area contributed by atoms with Crippen LogP contribution in [-0.2, 0) is 13.0 Å². The molecular formula is C16H25N3. The largest absolute Gasteiger partial charge is 0.397 e. The van der Waals surface area contributed by atoms with Gasteiger partial charge in [0.2, 0.25) is 0 Å². The van der Waals surface area contributed by atoms with Crippen molar-refractivity contribution in [3.8, 4) is 0 Å². The van der Waals surface area contributed by atoms with Crippen LogP contribution in [0.3, 0.4) is 0 Å². The van der Waals surface area contributed by atoms with E-state index >= 15 is 0 Å². The number of para-hydroxylation sites is 1. The minimum atomic E-state index is 0.789. The molecule has 0 saturated heterocycles. The second kappa shape index (κ2) is 6.60. The number of aryl methyl sites for hydroxylation is 2. The number of aromatic nitrogens is 2. The summed E-state index contributed by atoms with van der Waals surface area (Å²) < 4.78 is 2.34. The van der Waals surface area contributed by atoms with Crippen LogP contribution >= 0.6 is 0 Å². The van der Waals surface area contributed by atoms with Gasteiger partial charge in [-0.2, -0.15) is 0 Å². The minimum absolute atomic E-state index is 0.789. The predicted octanol–water partition coefficient (Wildman–Crippen LogP) is 4.15. The van der Waals surface area contributed by atoms with E-state index in [0.717, 1.165) is 30.0 Å². The van der Waals surface area contributed by atoms with Gasteiger partial charge in [0, 0.05) is 13.0 Å². The molecule has 0 fully saturated rings. The van der Waals surface area contributed by atoms with E-state index in [2.05, 4.69) is 29.5 Å². The topological polar surface area (TPSA) is 43.8 Å². The molecule has 0 aliphatic rings. The van der Waals surface area contributed by atoms with E-state index in [1.165, 1.54) is 37.6 Å². The Morgan fingerprint density at radius 3 is 2.63 bits per heavy atom. The Hall–Kier alpha value is -1.51. The van der Waals surface area contributed by atoms with Crippen molar-refractivity contribution in [2.24, 2.45) is 0 Å². The van der Waals surface area contributed by atoms with Crippen molar-refractivity contribution in [1.82, 2.24) is 9.55 Å². The van der Waals surface area contributed by atoms with Crippen LogP contribution in [0.1, 0.15) is 51.8 Å². The fourth-order valence-corrected chi connectivity index (χ4v) is 2.61. The number of nitrogens with two attached hydrogens (primary N) is 1. The highest BCUT2D eigenvalue weighted by atomic mass is 15.1. The van der Waals surface area contributed by atoms with Crippen LogP contribution in [0, 0.1) is 0 Å². The fourth-order valence-electron chi connectivity index (χ4n) is 2.61. The Bertz CT molecular complexity index is 528. The van der Waals surface area contributed by atoms with Crippen molar-refractivity contribution in [2.75, 3.05) is 5.73 Å². The normalized spacial score (nSPS) is 11.3. The van der Waals surface area contributed by atoms with Crippen molar-refractivity contribution in [3.05, 3.63) is 24.0 Å². The number of anilines is 1. The lowest BCUT2D eigenvalue weighted by Crippen LogP contribution is -2.03. The molecule has 2 aromatic rings. The van der Waals surface area contributed by atoms with E-state index in [-0.39, 0.29) is 0 Å². The van der Waals surface area contributed by atoms with Crippen molar-refractivity contribution < 1.29 is 0 Å². The lowest BCUT2D eigenvalue weighted by atomic mass is 10.1. The van der Waals surface area contributed by atoms with Gasteiger partial charge < -0.3 is 10.3 Å². The monoisotopic (exact) mass is 259 g/mol. The summed E-state index contributed by atoms with van der Waals surface area (Å²) >= 11 is 0. The maximum atomic E-state index is 6.01. The summed E-state index contributed by atoms with van der Waals surface area (Å²) in [5, 5.41) is 0. The average Bonchev–Trinajstić information content (AvgIpc) is 2.78. The first-order chi connectivity index (χ1) is 9.27. The van der Waals surface area contributed by atoms with E-state index < -0.39 is 0 Å². The summed E-state index contributed by atoms with van der Waals surface area (Å²) in [6.45, 7) is 5.47. The molecule has 0 atom stereocenters. The lowest BCUT2D eigenvalue weighted by Gasteiger charge is -2.08. The van der Waals surface area contributed by atoms with Crippen LogP contribution in [-0.4, -0.2) is 9.55 Å². The SMILES string of the molecule is CCCCCCCn1c(CC)nc2c(N)cccc21. The van der Waals surface area contributed by atoms with Gasteiger partial charge in [0.05, 0.1) is 11.2 Å². The van der Waals surface area contributed by atoms with Gasteiger partial charge in [-0.15, -0.1) is 0 Å². The number of nitrogens with zero attached hydrogens (tertiary/aromatic N) is 2. The van der Waals surface area contributed by atoms with Gasteiger partial charge in [0.25, 0.3) is 0 Å². The van der Waals surface area contributed by atoms with Crippen LogP contribution in [0.5, 0.6) is 0 Å². The summed E-state index contributed by atoms with van der Waals surface area (Å²) in [4.78, 5) is 4.68.